The number of halogens is 3. The molecule has 3 nitrogen and oxygen atoms in total. The third-order valence-electron chi connectivity index (χ3n) is 2.78. The summed E-state index contributed by atoms with van der Waals surface area (Å²) in [4.78, 5) is 11.6. The fourth-order valence-corrected chi connectivity index (χ4v) is 2.35. The number of methoxy groups -OCH3 is 1. The predicted molar refractivity (Wildman–Crippen MR) is 74.1 cm³/mol. The molecule has 0 spiro atoms. The topological polar surface area (TPSA) is 38.3 Å². The molecule has 1 atom stereocenters. The van der Waals surface area contributed by atoms with Crippen molar-refractivity contribution >= 4 is 29.2 Å². The summed E-state index contributed by atoms with van der Waals surface area (Å²) < 4.78 is 18.2. The lowest BCUT2D eigenvalue weighted by Gasteiger charge is -2.28. The molecule has 0 saturated carbocycles. The summed E-state index contributed by atoms with van der Waals surface area (Å²) >= 11 is 11.7. The normalized spacial score (nSPS) is 13.2. The van der Waals surface area contributed by atoms with E-state index in [2.05, 4.69) is 5.32 Å². The average molecular weight is 308 g/mol. The van der Waals surface area contributed by atoms with E-state index in [-0.39, 0.29) is 11.1 Å². The van der Waals surface area contributed by atoms with Gasteiger partial charge in [-0.05, 0) is 38.5 Å². The monoisotopic (exact) mass is 307 g/mol. The van der Waals surface area contributed by atoms with Crippen molar-refractivity contribution in [2.45, 2.75) is 32.4 Å². The average Bonchev–Trinajstić information content (AvgIpc) is 2.31. The number of carbonyl (C=O) groups is 1. The van der Waals surface area contributed by atoms with Crippen LogP contribution >= 0.6 is 23.2 Å². The molecule has 19 heavy (non-hydrogen) atoms. The Morgan fingerprint density at radius 2 is 1.95 bits per heavy atom. The Bertz CT molecular complexity index is 492. The van der Waals surface area contributed by atoms with Crippen molar-refractivity contribution in [2.75, 3.05) is 7.11 Å². The van der Waals surface area contributed by atoms with E-state index in [0.29, 0.717) is 10.6 Å². The van der Waals surface area contributed by atoms with Gasteiger partial charge in [0, 0.05) is 11.1 Å². The van der Waals surface area contributed by atoms with E-state index in [4.69, 9.17) is 27.9 Å². The molecule has 0 aromatic heterocycles. The largest absolute Gasteiger partial charge is 0.468 e. The van der Waals surface area contributed by atoms with E-state index in [1.165, 1.54) is 19.2 Å². The van der Waals surface area contributed by atoms with Crippen LogP contribution in [0.15, 0.2) is 12.1 Å². The van der Waals surface area contributed by atoms with Gasteiger partial charge in [0.15, 0.2) is 0 Å². The van der Waals surface area contributed by atoms with Gasteiger partial charge in [0.2, 0.25) is 0 Å². The second kappa shape index (κ2) is 6.07. The third-order valence-corrected chi connectivity index (χ3v) is 3.40. The molecule has 0 radical (unpaired) electrons. The molecule has 0 aliphatic heterocycles. The Balaban J connectivity index is 2.99. The van der Waals surface area contributed by atoms with Crippen LogP contribution in [0.5, 0.6) is 0 Å². The van der Waals surface area contributed by atoms with Gasteiger partial charge in [0.25, 0.3) is 0 Å². The van der Waals surface area contributed by atoms with Crippen molar-refractivity contribution in [3.8, 4) is 0 Å². The zero-order valence-corrected chi connectivity index (χ0v) is 12.7. The molecule has 106 valence electrons. The second-order valence-corrected chi connectivity index (χ2v) is 5.58. The van der Waals surface area contributed by atoms with E-state index < -0.39 is 17.3 Å². The summed E-state index contributed by atoms with van der Waals surface area (Å²) in [6, 6.07) is 2.26. The van der Waals surface area contributed by atoms with Gasteiger partial charge in [0.1, 0.15) is 11.4 Å². The molecule has 1 rings (SSSR count). The molecule has 0 aliphatic rings. The summed E-state index contributed by atoms with van der Waals surface area (Å²) in [5.74, 6) is -0.963. The molecule has 0 bridgehead atoms. The number of rotatable bonds is 4. The molecule has 1 N–H and O–H groups in total. The predicted octanol–water partition coefficient (Wildman–Crippen LogP) is 3.73. The number of carbonyl (C=O) groups excluding carboxylic acids is 1. The molecule has 0 saturated heterocycles. The van der Waals surface area contributed by atoms with Gasteiger partial charge in [-0.1, -0.05) is 23.2 Å². The summed E-state index contributed by atoms with van der Waals surface area (Å²) in [7, 11) is 1.31. The number of ether oxygens (including phenoxy) is 1. The molecule has 0 amide bonds. The second-order valence-electron chi connectivity index (χ2n) is 4.77. The molecule has 1 aromatic carbocycles. The zero-order valence-electron chi connectivity index (χ0n) is 11.2. The minimum atomic E-state index is -0.909. The van der Waals surface area contributed by atoms with Gasteiger partial charge in [-0.25, -0.2) is 4.39 Å². The van der Waals surface area contributed by atoms with Crippen LogP contribution in [-0.4, -0.2) is 18.6 Å². The van der Waals surface area contributed by atoms with Crippen LogP contribution in [0.3, 0.4) is 0 Å². The minimum Gasteiger partial charge on any atom is -0.468 e. The third kappa shape index (κ3) is 3.81. The first-order valence-electron chi connectivity index (χ1n) is 5.69. The smallest absolute Gasteiger partial charge is 0.325 e. The summed E-state index contributed by atoms with van der Waals surface area (Å²) in [5, 5.41) is 3.35. The van der Waals surface area contributed by atoms with E-state index in [9.17, 15) is 9.18 Å². The van der Waals surface area contributed by atoms with E-state index in [1.54, 1.807) is 20.8 Å². The van der Waals surface area contributed by atoms with Crippen molar-refractivity contribution < 1.29 is 13.9 Å². The van der Waals surface area contributed by atoms with Crippen LogP contribution in [0, 0.1) is 5.82 Å². The molecule has 1 aromatic rings. The molecule has 1 unspecified atom stereocenters. The first kappa shape index (κ1) is 16.2. The van der Waals surface area contributed by atoms with Crippen LogP contribution < -0.4 is 5.32 Å². The van der Waals surface area contributed by atoms with Gasteiger partial charge < -0.3 is 4.74 Å². The summed E-state index contributed by atoms with van der Waals surface area (Å²) in [5.41, 5.74) is -0.381. The Morgan fingerprint density at radius 1 is 1.37 bits per heavy atom. The summed E-state index contributed by atoms with van der Waals surface area (Å²) in [6.45, 7) is 5.13. The van der Waals surface area contributed by atoms with E-state index in [0.717, 1.165) is 0 Å². The summed E-state index contributed by atoms with van der Waals surface area (Å²) in [6.07, 6.45) is 0. The number of hydrogen-bond acceptors (Lipinski definition) is 3. The quantitative estimate of drug-likeness (QED) is 0.680. The fraction of sp³-hybridized carbons (Fsp3) is 0.462. The lowest BCUT2D eigenvalue weighted by molar-refractivity contribution is -0.147. The first-order valence-corrected chi connectivity index (χ1v) is 6.45. The zero-order chi connectivity index (χ0) is 14.8. The van der Waals surface area contributed by atoms with Gasteiger partial charge in [0.05, 0.1) is 12.1 Å². The van der Waals surface area contributed by atoms with Crippen LogP contribution in [0.2, 0.25) is 10.0 Å². The number of hydrogen-bond donors (Lipinski definition) is 1. The highest BCUT2D eigenvalue weighted by atomic mass is 35.5. The van der Waals surface area contributed by atoms with Crippen LogP contribution in [-0.2, 0) is 9.53 Å². The maximum Gasteiger partial charge on any atom is 0.325 e. The fourth-order valence-electron chi connectivity index (χ4n) is 1.80. The van der Waals surface area contributed by atoms with Crippen LogP contribution in [0.1, 0.15) is 32.4 Å². The van der Waals surface area contributed by atoms with E-state index >= 15 is 0 Å². The molecule has 0 aliphatic carbocycles. The lowest BCUT2D eigenvalue weighted by Crippen LogP contribution is -2.48. The highest BCUT2D eigenvalue weighted by molar-refractivity contribution is 6.35. The Morgan fingerprint density at radius 3 is 2.47 bits per heavy atom. The van der Waals surface area contributed by atoms with Gasteiger partial charge in [-0.2, -0.15) is 0 Å². The Kier molecular flexibility index (Phi) is 5.18. The maximum absolute atomic E-state index is 13.5. The van der Waals surface area contributed by atoms with Gasteiger partial charge in [-0.15, -0.1) is 0 Å². The van der Waals surface area contributed by atoms with Crippen LogP contribution in [0.25, 0.3) is 0 Å². The number of nitrogens with one attached hydrogen (secondary N) is 1. The van der Waals surface area contributed by atoms with Crippen molar-refractivity contribution in [1.82, 2.24) is 5.32 Å². The standard InChI is InChI=1S/C13H16Cl2FNO2/c1-7(17-13(2,3)12(18)19-4)8-5-11(16)10(15)6-9(8)14/h5-7,17H,1-4H3. The van der Waals surface area contributed by atoms with Crippen molar-refractivity contribution in [3.05, 3.63) is 33.6 Å². The number of esters is 1. The lowest BCUT2D eigenvalue weighted by atomic mass is 10.0. The van der Waals surface area contributed by atoms with Gasteiger partial charge in [-0.3, -0.25) is 10.1 Å². The van der Waals surface area contributed by atoms with Gasteiger partial charge >= 0.3 is 5.97 Å². The van der Waals surface area contributed by atoms with Crippen molar-refractivity contribution in [3.63, 3.8) is 0 Å². The number of benzene rings is 1. The van der Waals surface area contributed by atoms with Crippen LogP contribution in [0.4, 0.5) is 4.39 Å². The first-order chi connectivity index (χ1) is 8.69. The Hall–Kier alpha value is -0.840. The molecular formula is C13H16Cl2FNO2. The highest BCUT2D eigenvalue weighted by Gasteiger charge is 2.31. The highest BCUT2D eigenvalue weighted by Crippen LogP contribution is 2.29. The van der Waals surface area contributed by atoms with Crippen molar-refractivity contribution in [2.24, 2.45) is 0 Å². The molecule has 0 fully saturated rings. The van der Waals surface area contributed by atoms with E-state index in [1.807, 2.05) is 0 Å². The van der Waals surface area contributed by atoms with Crippen molar-refractivity contribution in [1.29, 1.82) is 0 Å². The minimum absolute atomic E-state index is 0.0341. The molecular weight excluding hydrogens is 292 g/mol. The SMILES string of the molecule is COC(=O)C(C)(C)NC(C)c1cc(F)c(Cl)cc1Cl. The molecule has 0 heterocycles. The Labute approximate surface area is 122 Å². The molecule has 6 heteroatoms. The maximum atomic E-state index is 13.5.